The van der Waals surface area contributed by atoms with Crippen LogP contribution in [0.1, 0.15) is 22.3 Å². The number of anilines is 1. The maximum absolute atomic E-state index is 4.32. The van der Waals surface area contributed by atoms with Crippen LogP contribution in [0.3, 0.4) is 0 Å². The van der Waals surface area contributed by atoms with Crippen molar-refractivity contribution in [3.05, 3.63) is 71.0 Å². The molecule has 2 aromatic carbocycles. The lowest BCUT2D eigenvalue weighted by molar-refractivity contribution is 0.644. The van der Waals surface area contributed by atoms with Crippen molar-refractivity contribution in [1.82, 2.24) is 15.1 Å². The van der Waals surface area contributed by atoms with Crippen LogP contribution in [0.4, 0.5) is 5.69 Å². The predicted octanol–water partition coefficient (Wildman–Crippen LogP) is 3.65. The number of nitrogens with zero attached hydrogens (tertiary/aromatic N) is 2. The Labute approximate surface area is 148 Å². The van der Waals surface area contributed by atoms with E-state index in [0.717, 1.165) is 26.1 Å². The van der Waals surface area contributed by atoms with Crippen LogP contribution in [0.15, 0.2) is 48.8 Å². The highest BCUT2D eigenvalue weighted by Gasteiger charge is 2.10. The summed E-state index contributed by atoms with van der Waals surface area (Å²) in [7, 11) is 1.96. The molecule has 4 heteroatoms. The highest BCUT2D eigenvalue weighted by atomic mass is 15.2. The van der Waals surface area contributed by atoms with Crippen molar-refractivity contribution >= 4 is 5.69 Å². The lowest BCUT2D eigenvalue weighted by atomic mass is 9.99. The molecule has 0 unspecified atom stereocenters. The van der Waals surface area contributed by atoms with Crippen LogP contribution in [-0.4, -0.2) is 16.3 Å². The number of hydrogen-bond acceptors (Lipinski definition) is 3. The molecular formula is C21H24N4. The maximum atomic E-state index is 4.32. The van der Waals surface area contributed by atoms with Crippen LogP contribution < -0.4 is 10.6 Å². The summed E-state index contributed by atoms with van der Waals surface area (Å²) in [6.45, 7) is 4.99. The normalized spacial score (nSPS) is 13.5. The first-order valence-corrected chi connectivity index (χ1v) is 8.84. The van der Waals surface area contributed by atoms with Gasteiger partial charge in [0.1, 0.15) is 0 Å². The maximum Gasteiger partial charge on any atom is 0.0568 e. The number of hydrogen-bond donors (Lipinski definition) is 2. The van der Waals surface area contributed by atoms with Gasteiger partial charge in [-0.3, -0.25) is 4.68 Å². The van der Waals surface area contributed by atoms with Crippen molar-refractivity contribution in [3.63, 3.8) is 0 Å². The number of aryl methyl sites for hydroxylation is 2. The van der Waals surface area contributed by atoms with E-state index in [1.54, 1.807) is 0 Å². The second-order valence-corrected chi connectivity index (χ2v) is 6.83. The van der Waals surface area contributed by atoms with E-state index in [2.05, 4.69) is 65.3 Å². The van der Waals surface area contributed by atoms with Crippen LogP contribution in [0.2, 0.25) is 0 Å². The van der Waals surface area contributed by atoms with Crippen LogP contribution >= 0.6 is 0 Å². The summed E-state index contributed by atoms with van der Waals surface area (Å²) in [4.78, 5) is 0. The molecule has 0 bridgehead atoms. The Balaban J connectivity index is 1.57. The van der Waals surface area contributed by atoms with E-state index in [1.807, 2.05) is 17.9 Å². The van der Waals surface area contributed by atoms with Gasteiger partial charge in [0.15, 0.2) is 0 Å². The van der Waals surface area contributed by atoms with E-state index in [1.165, 1.54) is 39.1 Å². The van der Waals surface area contributed by atoms with Gasteiger partial charge in [-0.05, 0) is 54.3 Å². The van der Waals surface area contributed by atoms with Gasteiger partial charge in [-0.1, -0.05) is 29.8 Å². The van der Waals surface area contributed by atoms with Gasteiger partial charge in [-0.2, -0.15) is 5.10 Å². The third-order valence-corrected chi connectivity index (χ3v) is 4.86. The molecule has 1 aliphatic heterocycles. The summed E-state index contributed by atoms with van der Waals surface area (Å²) in [5, 5.41) is 11.3. The molecule has 25 heavy (non-hydrogen) atoms. The van der Waals surface area contributed by atoms with Gasteiger partial charge in [-0.25, -0.2) is 0 Å². The molecule has 0 saturated carbocycles. The molecule has 4 nitrogen and oxygen atoms in total. The topological polar surface area (TPSA) is 41.9 Å². The zero-order valence-electron chi connectivity index (χ0n) is 14.8. The molecular weight excluding hydrogens is 308 g/mol. The zero-order chi connectivity index (χ0) is 17.2. The average Bonchev–Trinajstić information content (AvgIpc) is 3.07. The lowest BCUT2D eigenvalue weighted by Crippen LogP contribution is -2.23. The van der Waals surface area contributed by atoms with Gasteiger partial charge >= 0.3 is 0 Å². The second kappa shape index (κ2) is 6.73. The fourth-order valence-corrected chi connectivity index (χ4v) is 3.46. The van der Waals surface area contributed by atoms with Crippen molar-refractivity contribution in [2.75, 3.05) is 11.9 Å². The number of rotatable bonds is 4. The van der Waals surface area contributed by atoms with Gasteiger partial charge in [0.2, 0.25) is 0 Å². The fourth-order valence-electron chi connectivity index (χ4n) is 3.46. The summed E-state index contributed by atoms with van der Waals surface area (Å²) in [6.07, 6.45) is 5.12. The summed E-state index contributed by atoms with van der Waals surface area (Å²) in [5.74, 6) is 0. The Morgan fingerprint density at radius 2 is 2.08 bits per heavy atom. The van der Waals surface area contributed by atoms with Crippen molar-refractivity contribution in [2.24, 2.45) is 7.05 Å². The Bertz CT molecular complexity index is 895. The molecule has 0 spiro atoms. The zero-order valence-corrected chi connectivity index (χ0v) is 14.8. The third-order valence-electron chi connectivity index (χ3n) is 4.86. The summed E-state index contributed by atoms with van der Waals surface area (Å²) in [6, 6.07) is 13.4. The first-order valence-electron chi connectivity index (χ1n) is 8.84. The van der Waals surface area contributed by atoms with Gasteiger partial charge in [-0.15, -0.1) is 0 Å². The van der Waals surface area contributed by atoms with Crippen molar-refractivity contribution in [2.45, 2.75) is 26.4 Å². The van der Waals surface area contributed by atoms with Crippen molar-refractivity contribution in [1.29, 1.82) is 0 Å². The van der Waals surface area contributed by atoms with Gasteiger partial charge < -0.3 is 10.6 Å². The molecule has 2 heterocycles. The average molecular weight is 332 g/mol. The molecule has 3 aromatic rings. The van der Waals surface area contributed by atoms with E-state index in [0.29, 0.717) is 0 Å². The van der Waals surface area contributed by atoms with E-state index in [4.69, 9.17) is 0 Å². The summed E-state index contributed by atoms with van der Waals surface area (Å²) in [5.41, 5.74) is 9.05. The number of benzene rings is 2. The lowest BCUT2D eigenvalue weighted by Gasteiger charge is -2.18. The van der Waals surface area contributed by atoms with E-state index >= 15 is 0 Å². The number of nitrogens with one attached hydrogen (secondary N) is 2. The summed E-state index contributed by atoms with van der Waals surface area (Å²) >= 11 is 0. The highest BCUT2D eigenvalue weighted by Crippen LogP contribution is 2.26. The molecule has 1 aromatic heterocycles. The molecule has 0 atom stereocenters. The van der Waals surface area contributed by atoms with Crippen molar-refractivity contribution in [3.8, 4) is 11.1 Å². The van der Waals surface area contributed by atoms with E-state index < -0.39 is 0 Å². The first kappa shape index (κ1) is 15.9. The molecule has 2 N–H and O–H groups in total. The minimum absolute atomic E-state index is 0.807. The Hall–Kier alpha value is -2.59. The Kier molecular flexibility index (Phi) is 4.28. The summed E-state index contributed by atoms with van der Waals surface area (Å²) < 4.78 is 1.85. The van der Waals surface area contributed by atoms with Crippen molar-refractivity contribution < 1.29 is 0 Å². The Morgan fingerprint density at radius 3 is 2.92 bits per heavy atom. The molecule has 0 fully saturated rings. The smallest absolute Gasteiger partial charge is 0.0568 e. The minimum atomic E-state index is 0.807. The molecule has 0 radical (unpaired) electrons. The first-order chi connectivity index (χ1) is 12.2. The van der Waals surface area contributed by atoms with Gasteiger partial charge in [0.05, 0.1) is 6.20 Å². The van der Waals surface area contributed by atoms with Gasteiger partial charge in [0, 0.05) is 37.6 Å². The van der Waals surface area contributed by atoms with E-state index in [-0.39, 0.29) is 0 Å². The Morgan fingerprint density at radius 1 is 1.16 bits per heavy atom. The molecule has 1 aliphatic rings. The quantitative estimate of drug-likeness (QED) is 0.766. The fraction of sp³-hybridized carbons (Fsp3) is 0.286. The third kappa shape index (κ3) is 3.44. The number of aromatic nitrogens is 2. The number of fused-ring (bicyclic) bond motifs is 1. The van der Waals surface area contributed by atoms with E-state index in [9.17, 15) is 0 Å². The monoisotopic (exact) mass is 332 g/mol. The second-order valence-electron chi connectivity index (χ2n) is 6.83. The molecule has 0 saturated heterocycles. The molecule has 0 amide bonds. The van der Waals surface area contributed by atoms with Crippen LogP contribution in [-0.2, 0) is 26.6 Å². The molecule has 4 rings (SSSR count). The van der Waals surface area contributed by atoms with Crippen LogP contribution in [0.25, 0.3) is 11.1 Å². The largest absolute Gasteiger partial charge is 0.381 e. The predicted molar refractivity (Wildman–Crippen MR) is 103 cm³/mol. The van der Waals surface area contributed by atoms with Gasteiger partial charge in [0.25, 0.3) is 0 Å². The standard InChI is InChI=1S/C21H24N4/c1-15-3-4-18(21(9-15)19-13-24-25(2)14-19)12-23-20-6-5-17-11-22-8-7-16(17)10-20/h3-6,9-10,13-14,22-23H,7-8,11-12H2,1-2H3. The molecule has 128 valence electrons. The van der Waals surface area contributed by atoms with Crippen LogP contribution in [0, 0.1) is 6.92 Å². The molecule has 0 aliphatic carbocycles. The highest BCUT2D eigenvalue weighted by molar-refractivity contribution is 5.67. The SMILES string of the molecule is Cc1ccc(CNc2ccc3c(c2)CCNC3)c(-c2cnn(C)c2)c1. The minimum Gasteiger partial charge on any atom is -0.381 e. The van der Waals surface area contributed by atoms with Crippen LogP contribution in [0.5, 0.6) is 0 Å².